The molecule has 1 aliphatic heterocycles. The van der Waals surface area contributed by atoms with Gasteiger partial charge in [0, 0.05) is 0 Å². The summed E-state index contributed by atoms with van der Waals surface area (Å²) in [6.45, 7) is 1.95. The number of amidine groups is 1. The Morgan fingerprint density at radius 3 is 2.46 bits per heavy atom. The maximum atomic E-state index is 11.6. The van der Waals surface area contributed by atoms with Gasteiger partial charge in [-0.05, 0) is 53.8 Å². The molecule has 0 saturated carbocycles. The zero-order valence-corrected chi connectivity index (χ0v) is 13.9. The molecule has 1 aliphatic rings. The molecule has 3 heterocycles. The Labute approximate surface area is 148 Å². The number of hydrogen-bond acceptors (Lipinski definition) is 7. The zero-order valence-electron chi connectivity index (χ0n) is 13.9. The Balaban J connectivity index is 1.84. The number of benzene rings is 1. The van der Waals surface area contributed by atoms with Crippen LogP contribution in [0.2, 0.25) is 0 Å². The second kappa shape index (κ2) is 6.49. The van der Waals surface area contributed by atoms with Crippen molar-refractivity contribution in [1.82, 2.24) is 5.32 Å². The SMILES string of the molecule is Cc1cccc(N2N=C([N+](=O)[O-])[C@H](c3ccco3)N[C@@H]2c2ccco2)c1. The molecule has 0 saturated heterocycles. The van der Waals surface area contributed by atoms with Gasteiger partial charge in [0.15, 0.2) is 12.2 Å². The van der Waals surface area contributed by atoms with Crippen LogP contribution in [-0.2, 0) is 0 Å². The molecule has 1 aromatic carbocycles. The number of furan rings is 2. The quantitative estimate of drug-likeness (QED) is 0.571. The van der Waals surface area contributed by atoms with Crippen molar-refractivity contribution in [3.8, 4) is 0 Å². The molecule has 0 spiro atoms. The number of nitro groups is 1. The van der Waals surface area contributed by atoms with Crippen LogP contribution in [0.1, 0.15) is 29.3 Å². The summed E-state index contributed by atoms with van der Waals surface area (Å²) in [6.07, 6.45) is 2.51. The molecule has 26 heavy (non-hydrogen) atoms. The monoisotopic (exact) mass is 352 g/mol. The summed E-state index contributed by atoms with van der Waals surface area (Å²) in [6, 6.07) is 13.7. The molecular formula is C18H16N4O4. The molecule has 0 unspecified atom stereocenters. The second-order valence-corrected chi connectivity index (χ2v) is 5.93. The molecule has 8 heteroatoms. The first kappa shape index (κ1) is 16.1. The molecule has 4 rings (SSSR count). The minimum Gasteiger partial charge on any atom is -0.467 e. The number of aryl methyl sites for hydroxylation is 1. The van der Waals surface area contributed by atoms with E-state index in [1.54, 1.807) is 35.5 Å². The summed E-state index contributed by atoms with van der Waals surface area (Å²) in [5.74, 6) is 0.763. The van der Waals surface area contributed by atoms with Crippen LogP contribution >= 0.6 is 0 Å². The second-order valence-electron chi connectivity index (χ2n) is 5.93. The summed E-state index contributed by atoms with van der Waals surface area (Å²) in [7, 11) is 0. The van der Waals surface area contributed by atoms with Crippen molar-refractivity contribution in [2.75, 3.05) is 5.01 Å². The van der Waals surface area contributed by atoms with Gasteiger partial charge in [-0.25, -0.2) is 0 Å². The van der Waals surface area contributed by atoms with E-state index < -0.39 is 17.1 Å². The van der Waals surface area contributed by atoms with Crippen molar-refractivity contribution in [2.24, 2.45) is 5.10 Å². The summed E-state index contributed by atoms with van der Waals surface area (Å²) in [5, 5.41) is 20.8. The van der Waals surface area contributed by atoms with E-state index in [9.17, 15) is 10.1 Å². The minimum atomic E-state index is -0.795. The lowest BCUT2D eigenvalue weighted by atomic mass is 10.1. The average molecular weight is 352 g/mol. The molecular weight excluding hydrogens is 336 g/mol. The fraction of sp³-hybridized carbons (Fsp3) is 0.167. The highest BCUT2D eigenvalue weighted by molar-refractivity contribution is 5.83. The molecule has 0 bridgehead atoms. The highest BCUT2D eigenvalue weighted by Crippen LogP contribution is 2.34. The standard InChI is InChI=1S/C18H16N4O4/c1-12-5-2-6-13(11-12)21-17(15-8-4-10-26-15)19-16(14-7-3-9-25-14)18(20-21)22(23)24/h2-11,16-17,19H,1H3/t16-,17-/m0/s1. The largest absolute Gasteiger partial charge is 0.467 e. The Morgan fingerprint density at radius 2 is 1.85 bits per heavy atom. The maximum absolute atomic E-state index is 11.6. The Hall–Kier alpha value is -3.39. The summed E-state index contributed by atoms with van der Waals surface area (Å²) >= 11 is 0. The molecule has 8 nitrogen and oxygen atoms in total. The van der Waals surface area contributed by atoms with Gasteiger partial charge in [0.25, 0.3) is 0 Å². The van der Waals surface area contributed by atoms with Crippen molar-refractivity contribution in [3.05, 3.63) is 88.3 Å². The van der Waals surface area contributed by atoms with Crippen LogP contribution in [0.25, 0.3) is 0 Å². The summed E-state index contributed by atoms with van der Waals surface area (Å²) in [4.78, 5) is 11.1. The lowest BCUT2D eigenvalue weighted by Gasteiger charge is -2.31. The lowest BCUT2D eigenvalue weighted by molar-refractivity contribution is -0.356. The van der Waals surface area contributed by atoms with Gasteiger partial charge in [0.2, 0.25) is 0 Å². The number of nitrogens with one attached hydrogen (secondary N) is 1. The lowest BCUT2D eigenvalue weighted by Crippen LogP contribution is -2.47. The maximum Gasteiger partial charge on any atom is 0.389 e. The number of anilines is 1. The van der Waals surface area contributed by atoms with Gasteiger partial charge in [-0.2, -0.15) is 0 Å². The van der Waals surface area contributed by atoms with Crippen LogP contribution in [0.3, 0.4) is 0 Å². The first-order valence-electron chi connectivity index (χ1n) is 8.05. The first-order valence-corrected chi connectivity index (χ1v) is 8.05. The summed E-state index contributed by atoms with van der Waals surface area (Å²) < 4.78 is 10.9. The van der Waals surface area contributed by atoms with Gasteiger partial charge in [0.05, 0.1) is 23.3 Å². The molecule has 2 atom stereocenters. The predicted molar refractivity (Wildman–Crippen MR) is 94.1 cm³/mol. The van der Waals surface area contributed by atoms with Crippen molar-refractivity contribution < 1.29 is 13.8 Å². The van der Waals surface area contributed by atoms with Gasteiger partial charge in [0.1, 0.15) is 11.5 Å². The number of hydrazone groups is 1. The van der Waals surface area contributed by atoms with Crippen molar-refractivity contribution >= 4 is 11.5 Å². The van der Waals surface area contributed by atoms with Gasteiger partial charge in [-0.3, -0.25) is 5.32 Å². The van der Waals surface area contributed by atoms with Crippen molar-refractivity contribution in [1.29, 1.82) is 0 Å². The van der Waals surface area contributed by atoms with Gasteiger partial charge >= 0.3 is 5.84 Å². The van der Waals surface area contributed by atoms with E-state index in [0.29, 0.717) is 11.5 Å². The van der Waals surface area contributed by atoms with E-state index in [0.717, 1.165) is 11.3 Å². The number of nitrogens with zero attached hydrogens (tertiary/aromatic N) is 3. The van der Waals surface area contributed by atoms with Crippen LogP contribution in [0.4, 0.5) is 5.69 Å². The fourth-order valence-corrected chi connectivity index (χ4v) is 2.96. The van der Waals surface area contributed by atoms with Crippen LogP contribution in [-0.4, -0.2) is 10.8 Å². The molecule has 2 aromatic heterocycles. The zero-order chi connectivity index (χ0) is 18.1. The van der Waals surface area contributed by atoms with E-state index in [1.807, 2.05) is 31.2 Å². The Kier molecular flexibility index (Phi) is 4.02. The average Bonchev–Trinajstić information content (AvgIpc) is 3.34. The Morgan fingerprint density at radius 1 is 1.12 bits per heavy atom. The molecule has 0 amide bonds. The van der Waals surface area contributed by atoms with E-state index in [1.165, 1.54) is 6.26 Å². The molecule has 0 radical (unpaired) electrons. The van der Waals surface area contributed by atoms with E-state index in [4.69, 9.17) is 8.83 Å². The van der Waals surface area contributed by atoms with Crippen molar-refractivity contribution in [3.63, 3.8) is 0 Å². The fourth-order valence-electron chi connectivity index (χ4n) is 2.96. The molecule has 3 aromatic rings. The van der Waals surface area contributed by atoms with Crippen LogP contribution in [0, 0.1) is 17.0 Å². The van der Waals surface area contributed by atoms with Crippen LogP contribution < -0.4 is 10.3 Å². The van der Waals surface area contributed by atoms with Gasteiger partial charge in [-0.1, -0.05) is 12.1 Å². The van der Waals surface area contributed by atoms with Crippen LogP contribution in [0.5, 0.6) is 0 Å². The molecule has 0 aliphatic carbocycles. The van der Waals surface area contributed by atoms with E-state index >= 15 is 0 Å². The highest BCUT2D eigenvalue weighted by atomic mass is 16.6. The normalized spacial score (nSPS) is 20.0. The van der Waals surface area contributed by atoms with Crippen molar-refractivity contribution in [2.45, 2.75) is 19.1 Å². The minimum absolute atomic E-state index is 0.246. The summed E-state index contributed by atoms with van der Waals surface area (Å²) in [5.41, 5.74) is 1.74. The topological polar surface area (TPSA) is 97.0 Å². The number of rotatable bonds is 3. The smallest absolute Gasteiger partial charge is 0.389 e. The van der Waals surface area contributed by atoms with Gasteiger partial charge < -0.3 is 18.9 Å². The van der Waals surface area contributed by atoms with E-state index in [2.05, 4.69) is 10.4 Å². The third-order valence-electron chi connectivity index (χ3n) is 4.13. The Bertz CT molecular complexity index is 934. The number of hydrogen-bond donors (Lipinski definition) is 1. The van der Waals surface area contributed by atoms with E-state index in [-0.39, 0.29) is 5.84 Å². The molecule has 0 fully saturated rings. The third kappa shape index (κ3) is 2.86. The first-order chi connectivity index (χ1) is 12.6. The molecule has 132 valence electrons. The molecule has 1 N–H and O–H groups in total. The van der Waals surface area contributed by atoms with Gasteiger partial charge in [-0.15, -0.1) is 5.01 Å². The predicted octanol–water partition coefficient (Wildman–Crippen LogP) is 3.62. The highest BCUT2D eigenvalue weighted by Gasteiger charge is 2.43. The third-order valence-corrected chi connectivity index (χ3v) is 4.13. The van der Waals surface area contributed by atoms with Crippen LogP contribution in [0.15, 0.2) is 75.0 Å².